The average molecular weight is 466 g/mol. The van der Waals surface area contributed by atoms with Crippen LogP contribution in [0, 0.1) is 5.92 Å². The highest BCUT2D eigenvalue weighted by Crippen LogP contribution is 2.35. The third-order valence-electron chi connectivity index (χ3n) is 6.31. The first-order valence-electron chi connectivity index (χ1n) is 11.4. The van der Waals surface area contributed by atoms with E-state index in [0.29, 0.717) is 35.3 Å². The highest BCUT2D eigenvalue weighted by Gasteiger charge is 2.24. The molecule has 0 radical (unpaired) electrons. The summed E-state index contributed by atoms with van der Waals surface area (Å²) in [5.41, 5.74) is 16.0. The van der Waals surface area contributed by atoms with E-state index in [1.54, 1.807) is 6.07 Å². The van der Waals surface area contributed by atoms with Crippen LogP contribution in [0.5, 0.6) is 0 Å². The van der Waals surface area contributed by atoms with Gasteiger partial charge in [0.1, 0.15) is 5.69 Å². The number of benzene rings is 1. The Morgan fingerprint density at radius 1 is 1.21 bits per heavy atom. The Morgan fingerprint density at radius 3 is 2.58 bits per heavy atom. The standard InChI is InChI=1S/C25H31N5O2S/c1-15(2)12-30-13-18(19-11-28-33-14-19)10-23(25(30)32)29-20-6-3-16(4-7-20)17-5-8-21(24(27)31)22(26)9-17/h5,8-11,13-16,20,29H,3-4,6-7,12,26H2,1-2H3,(H2,27,31). The Balaban J connectivity index is 1.49. The van der Waals surface area contributed by atoms with E-state index in [1.165, 1.54) is 11.5 Å². The van der Waals surface area contributed by atoms with Gasteiger partial charge in [0, 0.05) is 47.2 Å². The predicted octanol–water partition coefficient (Wildman–Crippen LogP) is 4.45. The van der Waals surface area contributed by atoms with E-state index >= 15 is 0 Å². The van der Waals surface area contributed by atoms with Crippen molar-refractivity contribution in [3.8, 4) is 11.1 Å². The summed E-state index contributed by atoms with van der Waals surface area (Å²) in [7, 11) is 0. The van der Waals surface area contributed by atoms with Gasteiger partial charge in [0.15, 0.2) is 0 Å². The number of hydrogen-bond donors (Lipinski definition) is 3. The summed E-state index contributed by atoms with van der Waals surface area (Å²) in [6.45, 7) is 4.90. The lowest BCUT2D eigenvalue weighted by Gasteiger charge is -2.30. The number of nitrogens with one attached hydrogen (secondary N) is 1. The number of hydrogen-bond acceptors (Lipinski definition) is 6. The fraction of sp³-hybridized carbons (Fsp3) is 0.400. The first kappa shape index (κ1) is 23.0. The molecule has 1 amide bonds. The molecule has 1 fully saturated rings. The van der Waals surface area contributed by atoms with Crippen molar-refractivity contribution in [2.45, 2.75) is 58.0 Å². The first-order chi connectivity index (χ1) is 15.8. The van der Waals surface area contributed by atoms with Crippen LogP contribution in [0.15, 0.2) is 46.8 Å². The van der Waals surface area contributed by atoms with Crippen LogP contribution in [0.3, 0.4) is 0 Å². The minimum absolute atomic E-state index is 0.0209. The molecule has 7 nitrogen and oxygen atoms in total. The van der Waals surface area contributed by atoms with Crippen LogP contribution in [0.25, 0.3) is 11.1 Å². The number of rotatable bonds is 7. The van der Waals surface area contributed by atoms with Crippen LogP contribution < -0.4 is 22.3 Å². The SMILES string of the molecule is CC(C)Cn1cc(-c2cnsc2)cc(NC2CCC(c3ccc(C(N)=O)c(N)c3)CC2)c1=O. The van der Waals surface area contributed by atoms with E-state index in [9.17, 15) is 9.59 Å². The monoisotopic (exact) mass is 465 g/mol. The maximum atomic E-state index is 13.1. The summed E-state index contributed by atoms with van der Waals surface area (Å²) in [4.78, 5) is 24.6. The highest BCUT2D eigenvalue weighted by molar-refractivity contribution is 7.03. The van der Waals surface area contributed by atoms with Gasteiger partial charge in [0.25, 0.3) is 11.5 Å². The summed E-state index contributed by atoms with van der Waals surface area (Å²) in [6, 6.07) is 7.75. The normalized spacial score (nSPS) is 18.4. The van der Waals surface area contributed by atoms with E-state index in [0.717, 1.165) is 42.4 Å². The number of nitrogens with two attached hydrogens (primary N) is 2. The molecular formula is C25H31N5O2S. The van der Waals surface area contributed by atoms with Gasteiger partial charge in [-0.3, -0.25) is 9.59 Å². The molecule has 0 bridgehead atoms. The second kappa shape index (κ2) is 9.79. The van der Waals surface area contributed by atoms with Crippen molar-refractivity contribution in [1.82, 2.24) is 8.94 Å². The summed E-state index contributed by atoms with van der Waals surface area (Å²) in [5, 5.41) is 5.54. The topological polar surface area (TPSA) is 116 Å². The molecule has 2 aromatic heterocycles. The number of carbonyl (C=O) groups is 1. The fourth-order valence-corrected chi connectivity index (χ4v) is 5.17. The van der Waals surface area contributed by atoms with Crippen LogP contribution in [0.2, 0.25) is 0 Å². The second-order valence-electron chi connectivity index (χ2n) is 9.31. The summed E-state index contributed by atoms with van der Waals surface area (Å²) in [5.74, 6) is 0.249. The zero-order chi connectivity index (χ0) is 23.5. The smallest absolute Gasteiger partial charge is 0.273 e. The lowest BCUT2D eigenvalue weighted by molar-refractivity contribution is 0.100. The van der Waals surface area contributed by atoms with Crippen molar-refractivity contribution in [2.24, 2.45) is 11.7 Å². The van der Waals surface area contributed by atoms with Gasteiger partial charge < -0.3 is 21.4 Å². The molecule has 1 saturated carbocycles. The molecular weight excluding hydrogens is 434 g/mol. The summed E-state index contributed by atoms with van der Waals surface area (Å²) >= 11 is 1.41. The van der Waals surface area contributed by atoms with Gasteiger partial charge in [-0.15, -0.1) is 0 Å². The zero-order valence-corrected chi connectivity index (χ0v) is 19.9. The third kappa shape index (κ3) is 5.27. The molecule has 0 saturated heterocycles. The van der Waals surface area contributed by atoms with E-state index in [-0.39, 0.29) is 11.6 Å². The molecule has 2 heterocycles. The fourth-order valence-electron chi connectivity index (χ4n) is 4.62. The summed E-state index contributed by atoms with van der Waals surface area (Å²) in [6.07, 6.45) is 7.66. The van der Waals surface area contributed by atoms with Gasteiger partial charge in [-0.1, -0.05) is 19.9 Å². The van der Waals surface area contributed by atoms with E-state index in [1.807, 2.05) is 40.5 Å². The van der Waals surface area contributed by atoms with Gasteiger partial charge in [-0.05, 0) is 72.8 Å². The molecule has 1 aromatic carbocycles. The minimum Gasteiger partial charge on any atom is -0.398 e. The first-order valence-corrected chi connectivity index (χ1v) is 12.3. The summed E-state index contributed by atoms with van der Waals surface area (Å²) < 4.78 is 6.03. The molecule has 4 rings (SSSR count). The quantitative estimate of drug-likeness (QED) is 0.446. The van der Waals surface area contributed by atoms with E-state index in [4.69, 9.17) is 11.5 Å². The van der Waals surface area contributed by atoms with Gasteiger partial charge in [-0.2, -0.15) is 0 Å². The molecule has 1 aliphatic carbocycles. The van der Waals surface area contributed by atoms with Crippen LogP contribution in [-0.2, 0) is 6.54 Å². The molecule has 0 atom stereocenters. The van der Waals surface area contributed by atoms with Gasteiger partial charge in [-0.25, -0.2) is 4.37 Å². The van der Waals surface area contributed by atoms with Gasteiger partial charge >= 0.3 is 0 Å². The molecule has 8 heteroatoms. The third-order valence-corrected chi connectivity index (χ3v) is 6.90. The molecule has 1 aliphatic rings. The maximum absolute atomic E-state index is 13.1. The number of primary amides is 1. The Bertz CT molecular complexity index is 1180. The van der Waals surface area contributed by atoms with E-state index < -0.39 is 5.91 Å². The van der Waals surface area contributed by atoms with Crippen molar-refractivity contribution >= 4 is 28.8 Å². The Kier molecular flexibility index (Phi) is 6.83. The number of pyridine rings is 1. The maximum Gasteiger partial charge on any atom is 0.273 e. The van der Waals surface area contributed by atoms with Crippen LogP contribution in [0.1, 0.15) is 61.4 Å². The highest BCUT2D eigenvalue weighted by atomic mass is 32.1. The average Bonchev–Trinajstić information content (AvgIpc) is 3.31. The van der Waals surface area contributed by atoms with E-state index in [2.05, 4.69) is 23.5 Å². The van der Waals surface area contributed by atoms with Crippen molar-refractivity contribution in [3.63, 3.8) is 0 Å². The number of nitrogens with zero attached hydrogens (tertiary/aromatic N) is 2. The van der Waals surface area contributed by atoms with Gasteiger partial charge in [0.05, 0.1) is 5.56 Å². The second-order valence-corrected chi connectivity index (χ2v) is 9.97. The number of anilines is 2. The van der Waals surface area contributed by atoms with Crippen molar-refractivity contribution in [2.75, 3.05) is 11.1 Å². The van der Waals surface area contributed by atoms with Crippen molar-refractivity contribution in [1.29, 1.82) is 0 Å². The Labute approximate surface area is 198 Å². The number of nitrogen functional groups attached to an aromatic ring is 1. The predicted molar refractivity (Wildman–Crippen MR) is 135 cm³/mol. The van der Waals surface area contributed by atoms with Crippen LogP contribution >= 0.6 is 11.5 Å². The lowest BCUT2D eigenvalue weighted by Crippen LogP contribution is -2.31. The van der Waals surface area contributed by atoms with Crippen LogP contribution in [-0.4, -0.2) is 20.9 Å². The molecule has 0 unspecified atom stereocenters. The molecule has 3 aromatic rings. The molecule has 0 spiro atoms. The lowest BCUT2D eigenvalue weighted by atomic mass is 9.81. The largest absolute Gasteiger partial charge is 0.398 e. The molecule has 0 aliphatic heterocycles. The van der Waals surface area contributed by atoms with Crippen molar-refractivity contribution < 1.29 is 4.79 Å². The zero-order valence-electron chi connectivity index (χ0n) is 19.1. The van der Waals surface area contributed by atoms with Gasteiger partial charge in [0.2, 0.25) is 0 Å². The van der Waals surface area contributed by atoms with Crippen molar-refractivity contribution in [3.05, 3.63) is 63.5 Å². The number of aromatic nitrogens is 2. The molecule has 5 N–H and O–H groups in total. The Hall–Kier alpha value is -3.13. The number of amides is 1. The molecule has 33 heavy (non-hydrogen) atoms. The Morgan fingerprint density at radius 2 is 1.97 bits per heavy atom. The molecule has 174 valence electrons. The minimum atomic E-state index is -0.504. The number of carbonyl (C=O) groups excluding carboxylic acids is 1. The van der Waals surface area contributed by atoms with Crippen LogP contribution in [0.4, 0.5) is 11.4 Å².